The summed E-state index contributed by atoms with van der Waals surface area (Å²) in [6.45, 7) is 5.05. The van der Waals surface area contributed by atoms with Crippen LogP contribution in [-0.4, -0.2) is 34.8 Å². The van der Waals surface area contributed by atoms with E-state index in [1.165, 1.54) is 4.90 Å². The number of aliphatic hydroxyl groups is 1. The number of rotatable bonds is 9. The lowest BCUT2D eigenvalue weighted by Gasteiger charge is -2.25. The second-order valence-electron chi connectivity index (χ2n) is 7.75. The number of unbranched alkanes of at least 4 members (excludes halogenated alkanes) is 2. The number of hydrogen-bond acceptors (Lipinski definition) is 4. The van der Waals surface area contributed by atoms with Crippen molar-refractivity contribution in [3.8, 4) is 5.75 Å². The number of likely N-dealkylation sites (tertiary alicyclic amines) is 1. The van der Waals surface area contributed by atoms with Crippen LogP contribution in [0.4, 0.5) is 0 Å². The Morgan fingerprint density at radius 3 is 2.34 bits per heavy atom. The molecular weight excluding hydrogens is 449 g/mol. The Hall–Kier alpha value is -2.50. The van der Waals surface area contributed by atoms with E-state index in [1.807, 2.05) is 6.92 Å². The Balaban J connectivity index is 1.98. The van der Waals surface area contributed by atoms with E-state index in [-0.39, 0.29) is 11.3 Å². The Morgan fingerprint density at radius 1 is 1.00 bits per heavy atom. The number of amides is 1. The Labute approximate surface area is 198 Å². The third kappa shape index (κ3) is 5.11. The molecule has 1 amide bonds. The third-order valence-electron chi connectivity index (χ3n) is 5.41. The molecule has 32 heavy (non-hydrogen) atoms. The van der Waals surface area contributed by atoms with Gasteiger partial charge >= 0.3 is 0 Å². The minimum Gasteiger partial charge on any atom is -0.507 e. The minimum absolute atomic E-state index is 0.0402. The zero-order chi connectivity index (χ0) is 23.3. The van der Waals surface area contributed by atoms with Crippen molar-refractivity contribution in [2.75, 3.05) is 13.2 Å². The van der Waals surface area contributed by atoms with Gasteiger partial charge in [0, 0.05) is 12.1 Å². The maximum absolute atomic E-state index is 12.9. The van der Waals surface area contributed by atoms with Gasteiger partial charge in [-0.1, -0.05) is 56.0 Å². The molecule has 1 heterocycles. The number of ketones is 1. The second kappa shape index (κ2) is 10.9. The van der Waals surface area contributed by atoms with Crippen molar-refractivity contribution in [3.63, 3.8) is 0 Å². The predicted octanol–water partition coefficient (Wildman–Crippen LogP) is 6.39. The van der Waals surface area contributed by atoms with Gasteiger partial charge in [-0.3, -0.25) is 9.59 Å². The molecule has 5 nitrogen and oxygen atoms in total. The van der Waals surface area contributed by atoms with Crippen LogP contribution in [0, 0.1) is 0 Å². The van der Waals surface area contributed by atoms with Crippen LogP contribution < -0.4 is 4.74 Å². The lowest BCUT2D eigenvalue weighted by Crippen LogP contribution is -2.30. The summed E-state index contributed by atoms with van der Waals surface area (Å²) < 4.78 is 5.72. The lowest BCUT2D eigenvalue weighted by atomic mass is 9.95. The van der Waals surface area contributed by atoms with Gasteiger partial charge in [-0.15, -0.1) is 0 Å². The Bertz CT molecular complexity index is 1020. The van der Waals surface area contributed by atoms with Crippen LogP contribution in [0.1, 0.15) is 56.7 Å². The average molecular weight is 476 g/mol. The molecule has 7 heteroatoms. The van der Waals surface area contributed by atoms with Crippen molar-refractivity contribution < 1.29 is 19.4 Å². The van der Waals surface area contributed by atoms with Gasteiger partial charge in [-0.25, -0.2) is 0 Å². The van der Waals surface area contributed by atoms with Crippen LogP contribution in [0.5, 0.6) is 5.75 Å². The summed E-state index contributed by atoms with van der Waals surface area (Å²) in [5.74, 6) is -0.895. The molecule has 1 unspecified atom stereocenters. The van der Waals surface area contributed by atoms with E-state index in [1.54, 1.807) is 42.5 Å². The van der Waals surface area contributed by atoms with Crippen LogP contribution in [0.2, 0.25) is 10.0 Å². The fraction of sp³-hybridized carbons (Fsp3) is 0.360. The SMILES string of the molecule is CCCCCOc1ccc(/C(O)=C2/C(=O)C(=O)N(CCC)C2c2ccc(Cl)c(Cl)c2)cc1. The van der Waals surface area contributed by atoms with Crippen LogP contribution in [0.25, 0.3) is 5.76 Å². The predicted molar refractivity (Wildman–Crippen MR) is 127 cm³/mol. The summed E-state index contributed by atoms with van der Waals surface area (Å²) in [7, 11) is 0. The van der Waals surface area contributed by atoms with Gasteiger partial charge in [0.1, 0.15) is 11.5 Å². The first-order chi connectivity index (χ1) is 15.4. The fourth-order valence-corrected chi connectivity index (χ4v) is 4.09. The molecule has 0 spiro atoms. The molecule has 1 fully saturated rings. The Kier molecular flexibility index (Phi) is 8.21. The van der Waals surface area contributed by atoms with E-state index >= 15 is 0 Å². The highest BCUT2D eigenvalue weighted by Gasteiger charge is 2.45. The normalized spacial score (nSPS) is 17.8. The van der Waals surface area contributed by atoms with E-state index < -0.39 is 17.7 Å². The smallest absolute Gasteiger partial charge is 0.295 e. The average Bonchev–Trinajstić information content (AvgIpc) is 3.04. The maximum atomic E-state index is 12.9. The fourth-order valence-electron chi connectivity index (χ4n) is 3.79. The first-order valence-corrected chi connectivity index (χ1v) is 11.6. The van der Waals surface area contributed by atoms with E-state index in [2.05, 4.69) is 6.92 Å². The molecule has 1 atom stereocenters. The molecule has 0 bridgehead atoms. The molecule has 1 saturated heterocycles. The maximum Gasteiger partial charge on any atom is 0.295 e. The third-order valence-corrected chi connectivity index (χ3v) is 6.15. The first kappa shape index (κ1) is 24.1. The van der Waals surface area contributed by atoms with Crippen molar-refractivity contribution in [3.05, 3.63) is 69.2 Å². The topological polar surface area (TPSA) is 66.8 Å². The number of halogens is 2. The molecule has 3 rings (SSSR count). The van der Waals surface area contributed by atoms with Crippen molar-refractivity contribution >= 4 is 40.7 Å². The van der Waals surface area contributed by atoms with Gasteiger partial charge in [-0.05, 0) is 54.8 Å². The van der Waals surface area contributed by atoms with Crippen LogP contribution in [-0.2, 0) is 9.59 Å². The van der Waals surface area contributed by atoms with E-state index in [0.717, 1.165) is 19.3 Å². The van der Waals surface area contributed by atoms with Gasteiger partial charge < -0.3 is 14.7 Å². The monoisotopic (exact) mass is 475 g/mol. The molecule has 1 aliphatic rings. The summed E-state index contributed by atoms with van der Waals surface area (Å²) in [5.41, 5.74) is 1.09. The number of ether oxygens (including phenoxy) is 1. The number of hydrogen-bond donors (Lipinski definition) is 1. The number of carbonyl (C=O) groups is 2. The molecule has 170 valence electrons. The summed E-state index contributed by atoms with van der Waals surface area (Å²) in [4.78, 5) is 27.1. The number of benzene rings is 2. The quantitative estimate of drug-likeness (QED) is 0.197. The molecule has 0 radical (unpaired) electrons. The van der Waals surface area contributed by atoms with Crippen molar-refractivity contribution in [1.82, 2.24) is 4.90 Å². The molecular formula is C25H27Cl2NO4. The van der Waals surface area contributed by atoms with E-state index in [9.17, 15) is 14.7 Å². The zero-order valence-electron chi connectivity index (χ0n) is 18.2. The number of aliphatic hydroxyl groups excluding tert-OH is 1. The van der Waals surface area contributed by atoms with Crippen LogP contribution in [0.3, 0.4) is 0 Å². The van der Waals surface area contributed by atoms with Gasteiger partial charge in [0.25, 0.3) is 11.7 Å². The van der Waals surface area contributed by atoms with Crippen molar-refractivity contribution in [2.24, 2.45) is 0 Å². The minimum atomic E-state index is -0.741. The van der Waals surface area contributed by atoms with E-state index in [4.69, 9.17) is 27.9 Å². The molecule has 0 aromatic heterocycles. The molecule has 2 aromatic rings. The highest BCUT2D eigenvalue weighted by molar-refractivity contribution is 6.46. The van der Waals surface area contributed by atoms with Crippen molar-refractivity contribution in [2.45, 2.75) is 45.6 Å². The Morgan fingerprint density at radius 2 is 1.72 bits per heavy atom. The summed E-state index contributed by atoms with van der Waals surface area (Å²) in [6, 6.07) is 11.1. The second-order valence-corrected chi connectivity index (χ2v) is 8.56. The highest BCUT2D eigenvalue weighted by Crippen LogP contribution is 2.41. The first-order valence-electron chi connectivity index (χ1n) is 10.9. The number of nitrogens with zero attached hydrogens (tertiary/aromatic N) is 1. The molecule has 0 saturated carbocycles. The van der Waals surface area contributed by atoms with Crippen LogP contribution >= 0.6 is 23.2 Å². The zero-order valence-corrected chi connectivity index (χ0v) is 19.7. The molecule has 0 aliphatic carbocycles. The standard InChI is InChI=1S/C25H27Cl2NO4/c1-3-5-6-14-32-18-10-7-16(8-11-18)23(29)21-22(17-9-12-19(26)20(27)15-17)28(13-4-2)25(31)24(21)30/h7-12,15,22,29H,3-6,13-14H2,1-2H3/b23-21-. The molecule has 2 aromatic carbocycles. The van der Waals surface area contributed by atoms with Gasteiger partial charge in [0.05, 0.1) is 28.3 Å². The summed E-state index contributed by atoms with van der Waals surface area (Å²) in [6.07, 6.45) is 3.86. The summed E-state index contributed by atoms with van der Waals surface area (Å²) in [5, 5.41) is 11.8. The van der Waals surface area contributed by atoms with Gasteiger partial charge in [-0.2, -0.15) is 0 Å². The molecule has 1 aliphatic heterocycles. The van der Waals surface area contributed by atoms with Crippen LogP contribution in [0.15, 0.2) is 48.0 Å². The van der Waals surface area contributed by atoms with E-state index in [0.29, 0.717) is 46.5 Å². The lowest BCUT2D eigenvalue weighted by molar-refractivity contribution is -0.139. The largest absolute Gasteiger partial charge is 0.507 e. The molecule has 1 N–H and O–H groups in total. The number of carbonyl (C=O) groups excluding carboxylic acids is 2. The van der Waals surface area contributed by atoms with Crippen molar-refractivity contribution in [1.29, 1.82) is 0 Å². The van der Waals surface area contributed by atoms with Gasteiger partial charge in [0.2, 0.25) is 0 Å². The highest BCUT2D eigenvalue weighted by atomic mass is 35.5. The number of Topliss-reactive ketones (excluding diaryl/α,β-unsaturated/α-hetero) is 1. The van der Waals surface area contributed by atoms with Gasteiger partial charge in [0.15, 0.2) is 0 Å². The summed E-state index contributed by atoms with van der Waals surface area (Å²) >= 11 is 12.3.